The third-order valence-electron chi connectivity index (χ3n) is 6.27. The van der Waals surface area contributed by atoms with Crippen molar-refractivity contribution in [2.75, 3.05) is 44.3 Å². The number of fused-ring (bicyclic) bond motifs is 4. The molecule has 2 aromatic heterocycles. The van der Waals surface area contributed by atoms with Gasteiger partial charge in [-0.2, -0.15) is 5.26 Å². The van der Waals surface area contributed by atoms with Gasteiger partial charge in [-0.1, -0.05) is 6.07 Å². The molecule has 0 unspecified atom stereocenters. The molecule has 8 nitrogen and oxygen atoms in total. The topological polar surface area (TPSA) is 87.3 Å². The molecule has 2 saturated heterocycles. The number of anilines is 1. The standard InChI is InChI=1S/C21H24N6O2/c22-10-18-20(24-4-3-23-18)26-11-15-9-17(14-26)19-2-1-16(21(28)27(19)12-15)13-25-5-7-29-8-6-25/h1-4,15,17H,5-9,11-14H2/t15-,17+/m0/s1. The molecule has 0 spiro atoms. The lowest BCUT2D eigenvalue weighted by molar-refractivity contribution is 0.0339. The lowest BCUT2D eigenvalue weighted by Gasteiger charge is -2.43. The summed E-state index contributed by atoms with van der Waals surface area (Å²) < 4.78 is 7.41. The number of ether oxygens (including phenoxy) is 1. The number of pyridine rings is 1. The lowest BCUT2D eigenvalue weighted by atomic mass is 9.83. The minimum atomic E-state index is 0.148. The van der Waals surface area contributed by atoms with Crippen LogP contribution < -0.4 is 10.5 Å². The van der Waals surface area contributed by atoms with E-state index < -0.39 is 0 Å². The number of nitrogens with zero attached hydrogens (tertiary/aromatic N) is 6. The minimum Gasteiger partial charge on any atom is -0.379 e. The van der Waals surface area contributed by atoms with Gasteiger partial charge in [-0.05, 0) is 18.4 Å². The Bertz CT molecular complexity index is 1010. The van der Waals surface area contributed by atoms with Gasteiger partial charge in [0.2, 0.25) is 0 Å². The molecule has 2 atom stereocenters. The Kier molecular flexibility index (Phi) is 4.78. The van der Waals surface area contributed by atoms with E-state index in [0.717, 1.165) is 63.6 Å². The van der Waals surface area contributed by atoms with Crippen molar-refractivity contribution in [3.63, 3.8) is 0 Å². The van der Waals surface area contributed by atoms with Crippen LogP contribution in [0.3, 0.4) is 0 Å². The van der Waals surface area contributed by atoms with Gasteiger partial charge < -0.3 is 14.2 Å². The average Bonchev–Trinajstić information content (AvgIpc) is 2.76. The van der Waals surface area contributed by atoms with Gasteiger partial charge in [0.05, 0.1) is 13.2 Å². The molecule has 0 radical (unpaired) electrons. The Labute approximate surface area is 169 Å². The Morgan fingerprint density at radius 3 is 2.79 bits per heavy atom. The predicted octanol–water partition coefficient (Wildman–Crippen LogP) is 0.966. The number of morpholine rings is 1. The van der Waals surface area contributed by atoms with E-state index in [1.165, 1.54) is 0 Å². The summed E-state index contributed by atoms with van der Waals surface area (Å²) in [7, 11) is 0. The van der Waals surface area contributed by atoms with E-state index in [0.29, 0.717) is 24.0 Å². The molecular formula is C21H24N6O2. The molecule has 8 heteroatoms. The Morgan fingerprint density at radius 2 is 1.97 bits per heavy atom. The molecule has 150 valence electrons. The van der Waals surface area contributed by atoms with E-state index in [1.807, 2.05) is 10.6 Å². The molecule has 3 aliphatic heterocycles. The van der Waals surface area contributed by atoms with Crippen molar-refractivity contribution in [2.24, 2.45) is 5.92 Å². The zero-order valence-electron chi connectivity index (χ0n) is 16.3. The lowest BCUT2D eigenvalue weighted by Crippen LogP contribution is -2.48. The van der Waals surface area contributed by atoms with Crippen LogP contribution in [-0.4, -0.2) is 58.8 Å². The van der Waals surface area contributed by atoms with Crippen LogP contribution in [0, 0.1) is 17.2 Å². The average molecular weight is 392 g/mol. The van der Waals surface area contributed by atoms with Crippen molar-refractivity contribution in [1.82, 2.24) is 19.4 Å². The molecule has 2 fully saturated rings. The van der Waals surface area contributed by atoms with Crippen molar-refractivity contribution in [2.45, 2.75) is 25.4 Å². The molecule has 0 N–H and O–H groups in total. The summed E-state index contributed by atoms with van der Waals surface area (Å²) >= 11 is 0. The van der Waals surface area contributed by atoms with Crippen LogP contribution in [0.2, 0.25) is 0 Å². The predicted molar refractivity (Wildman–Crippen MR) is 107 cm³/mol. The van der Waals surface area contributed by atoms with Crippen molar-refractivity contribution < 1.29 is 4.74 Å². The molecule has 0 amide bonds. The zero-order valence-corrected chi connectivity index (χ0v) is 16.3. The van der Waals surface area contributed by atoms with Gasteiger partial charge in [-0.25, -0.2) is 9.97 Å². The van der Waals surface area contributed by atoms with Gasteiger partial charge in [0.1, 0.15) is 6.07 Å². The fourth-order valence-corrected chi connectivity index (χ4v) is 4.93. The van der Waals surface area contributed by atoms with Crippen LogP contribution in [0.4, 0.5) is 5.82 Å². The van der Waals surface area contributed by atoms with E-state index in [1.54, 1.807) is 12.4 Å². The third-order valence-corrected chi connectivity index (χ3v) is 6.27. The van der Waals surface area contributed by atoms with Crippen molar-refractivity contribution >= 4 is 5.82 Å². The molecule has 0 aromatic carbocycles. The fourth-order valence-electron chi connectivity index (χ4n) is 4.93. The minimum absolute atomic E-state index is 0.148. The van der Waals surface area contributed by atoms with Gasteiger partial charge >= 0.3 is 0 Å². The van der Waals surface area contributed by atoms with E-state index in [2.05, 4.69) is 31.9 Å². The molecule has 0 saturated carbocycles. The summed E-state index contributed by atoms with van der Waals surface area (Å²) in [5, 5.41) is 9.37. The quantitative estimate of drug-likeness (QED) is 0.769. The van der Waals surface area contributed by atoms with Gasteiger partial charge in [-0.15, -0.1) is 0 Å². The summed E-state index contributed by atoms with van der Waals surface area (Å²) in [4.78, 5) is 26.2. The molecule has 5 heterocycles. The highest BCUT2D eigenvalue weighted by Crippen LogP contribution is 2.37. The summed E-state index contributed by atoms with van der Waals surface area (Å²) in [6.07, 6.45) is 4.26. The van der Waals surface area contributed by atoms with Gasteiger partial charge in [-0.3, -0.25) is 9.69 Å². The first-order chi connectivity index (χ1) is 14.2. The van der Waals surface area contributed by atoms with Crippen LogP contribution >= 0.6 is 0 Å². The maximum atomic E-state index is 13.2. The van der Waals surface area contributed by atoms with Crippen LogP contribution in [0.1, 0.15) is 29.3 Å². The second-order valence-electron chi connectivity index (χ2n) is 8.13. The first-order valence-electron chi connectivity index (χ1n) is 10.2. The summed E-state index contributed by atoms with van der Waals surface area (Å²) in [6.45, 7) is 6.19. The number of hydrogen-bond acceptors (Lipinski definition) is 7. The number of aromatic nitrogens is 3. The first-order valence-corrected chi connectivity index (χ1v) is 10.2. The maximum absolute atomic E-state index is 13.2. The molecular weight excluding hydrogens is 368 g/mol. The molecule has 0 aliphatic carbocycles. The van der Waals surface area contributed by atoms with E-state index in [9.17, 15) is 10.1 Å². The van der Waals surface area contributed by atoms with E-state index in [4.69, 9.17) is 4.74 Å². The van der Waals surface area contributed by atoms with Crippen LogP contribution in [0.5, 0.6) is 0 Å². The molecule has 2 aromatic rings. The number of rotatable bonds is 3. The van der Waals surface area contributed by atoms with Crippen molar-refractivity contribution in [3.05, 3.63) is 51.8 Å². The smallest absolute Gasteiger partial charge is 0.255 e. The van der Waals surface area contributed by atoms with Crippen molar-refractivity contribution in [3.8, 4) is 6.07 Å². The van der Waals surface area contributed by atoms with Crippen LogP contribution in [0.25, 0.3) is 0 Å². The Morgan fingerprint density at radius 1 is 1.14 bits per heavy atom. The van der Waals surface area contributed by atoms with Gasteiger partial charge in [0, 0.05) is 68.8 Å². The number of piperidine rings is 1. The van der Waals surface area contributed by atoms with E-state index in [-0.39, 0.29) is 11.5 Å². The largest absolute Gasteiger partial charge is 0.379 e. The highest BCUT2D eigenvalue weighted by Gasteiger charge is 2.36. The fraction of sp³-hybridized carbons (Fsp3) is 0.524. The Balaban J connectivity index is 1.41. The summed E-state index contributed by atoms with van der Waals surface area (Å²) in [5.41, 5.74) is 2.48. The summed E-state index contributed by atoms with van der Waals surface area (Å²) in [6, 6.07) is 6.28. The van der Waals surface area contributed by atoms with Crippen molar-refractivity contribution in [1.29, 1.82) is 5.26 Å². The second kappa shape index (κ2) is 7.58. The molecule has 2 bridgehead atoms. The van der Waals surface area contributed by atoms with Crippen LogP contribution in [-0.2, 0) is 17.8 Å². The second-order valence-corrected chi connectivity index (χ2v) is 8.13. The maximum Gasteiger partial charge on any atom is 0.255 e. The third kappa shape index (κ3) is 3.41. The molecule has 29 heavy (non-hydrogen) atoms. The van der Waals surface area contributed by atoms with E-state index >= 15 is 0 Å². The zero-order chi connectivity index (χ0) is 19.8. The normalized spacial score (nSPS) is 24.0. The number of nitriles is 1. The highest BCUT2D eigenvalue weighted by molar-refractivity contribution is 5.50. The summed E-state index contributed by atoms with van der Waals surface area (Å²) in [5.74, 6) is 1.29. The Hall–Kier alpha value is -2.76. The van der Waals surface area contributed by atoms with Gasteiger partial charge in [0.15, 0.2) is 11.5 Å². The van der Waals surface area contributed by atoms with Crippen LogP contribution in [0.15, 0.2) is 29.3 Å². The number of hydrogen-bond donors (Lipinski definition) is 0. The SMILES string of the molecule is N#Cc1nccnc1N1C[C@@H]2C[C@H](C1)c1ccc(CN3CCOCC3)c(=O)n1C2. The first kappa shape index (κ1) is 18.3. The highest BCUT2D eigenvalue weighted by atomic mass is 16.5. The molecule has 3 aliphatic rings. The molecule has 5 rings (SSSR count). The monoisotopic (exact) mass is 392 g/mol. The van der Waals surface area contributed by atoms with Gasteiger partial charge in [0.25, 0.3) is 5.56 Å².